The van der Waals surface area contributed by atoms with Crippen molar-refractivity contribution in [3.05, 3.63) is 78.0 Å². The van der Waals surface area contributed by atoms with Crippen molar-refractivity contribution < 1.29 is 9.59 Å². The molecule has 27 heavy (non-hydrogen) atoms. The van der Waals surface area contributed by atoms with Gasteiger partial charge in [0.25, 0.3) is 0 Å². The molecule has 0 aliphatic heterocycles. The summed E-state index contributed by atoms with van der Waals surface area (Å²) in [6.07, 6.45) is 3.45. The molecule has 0 spiro atoms. The molecule has 0 unspecified atom stereocenters. The lowest BCUT2D eigenvalue weighted by Crippen LogP contribution is -2.18. The number of amides is 1. The van der Waals surface area contributed by atoms with Crippen LogP contribution in [0.4, 0.5) is 5.69 Å². The summed E-state index contributed by atoms with van der Waals surface area (Å²) >= 11 is 0. The van der Waals surface area contributed by atoms with E-state index in [2.05, 4.69) is 12.2 Å². The van der Waals surface area contributed by atoms with Crippen molar-refractivity contribution in [1.29, 1.82) is 0 Å². The number of para-hydroxylation sites is 1. The van der Waals surface area contributed by atoms with Crippen LogP contribution in [0.2, 0.25) is 0 Å². The van der Waals surface area contributed by atoms with E-state index in [-0.39, 0.29) is 12.5 Å². The molecule has 0 radical (unpaired) electrons. The number of carbonyl (C=O) groups is 2. The van der Waals surface area contributed by atoms with E-state index in [0.29, 0.717) is 5.56 Å². The summed E-state index contributed by atoms with van der Waals surface area (Å²) in [5.41, 5.74) is 3.45. The van der Waals surface area contributed by atoms with Gasteiger partial charge in [0, 0.05) is 22.8 Å². The number of nitrogens with one attached hydrogen (secondary N) is 1. The third kappa shape index (κ3) is 3.22. The Balaban J connectivity index is 1.63. The van der Waals surface area contributed by atoms with Crippen LogP contribution < -0.4 is 5.32 Å². The van der Waals surface area contributed by atoms with Gasteiger partial charge in [0.15, 0.2) is 6.29 Å². The number of rotatable bonds is 5. The summed E-state index contributed by atoms with van der Waals surface area (Å²) in [5, 5.41) is 6.07. The lowest BCUT2D eigenvalue weighted by molar-refractivity contribution is -0.116. The number of hydrogen-bond donors (Lipinski definition) is 1. The number of benzene rings is 3. The molecule has 0 saturated heterocycles. The molecule has 1 N–H and O–H groups in total. The fourth-order valence-corrected chi connectivity index (χ4v) is 3.59. The zero-order valence-corrected chi connectivity index (χ0v) is 15.1. The maximum atomic E-state index is 12.6. The van der Waals surface area contributed by atoms with Gasteiger partial charge < -0.3 is 9.88 Å². The van der Waals surface area contributed by atoms with Crippen molar-refractivity contribution in [2.24, 2.45) is 0 Å². The first kappa shape index (κ1) is 17.0. The Morgan fingerprint density at radius 1 is 1.04 bits per heavy atom. The van der Waals surface area contributed by atoms with E-state index in [9.17, 15) is 9.59 Å². The van der Waals surface area contributed by atoms with Gasteiger partial charge in [-0.3, -0.25) is 9.59 Å². The molecular formula is C23H20N2O2. The lowest BCUT2D eigenvalue weighted by atomic mass is 10.1. The van der Waals surface area contributed by atoms with Gasteiger partial charge >= 0.3 is 0 Å². The maximum Gasteiger partial charge on any atom is 0.244 e. The second kappa shape index (κ2) is 7.08. The average Bonchev–Trinajstić information content (AvgIpc) is 3.05. The summed E-state index contributed by atoms with van der Waals surface area (Å²) in [4.78, 5) is 24.1. The largest absolute Gasteiger partial charge is 0.337 e. The van der Waals surface area contributed by atoms with Gasteiger partial charge in [0.2, 0.25) is 5.91 Å². The molecule has 1 amide bonds. The second-order valence-corrected chi connectivity index (χ2v) is 6.61. The number of aryl methyl sites for hydroxylation is 1. The van der Waals surface area contributed by atoms with E-state index >= 15 is 0 Å². The molecule has 0 atom stereocenters. The number of carbonyl (C=O) groups excluding carboxylic acids is 2. The van der Waals surface area contributed by atoms with Crippen LogP contribution >= 0.6 is 0 Å². The van der Waals surface area contributed by atoms with Crippen LogP contribution in [0.5, 0.6) is 0 Å². The molecule has 4 rings (SSSR count). The highest BCUT2D eigenvalue weighted by molar-refractivity contribution is 6.00. The van der Waals surface area contributed by atoms with Crippen LogP contribution in [-0.2, 0) is 17.8 Å². The Kier molecular flexibility index (Phi) is 4.47. The van der Waals surface area contributed by atoms with E-state index in [1.807, 2.05) is 65.2 Å². The Bertz CT molecular complexity index is 1160. The van der Waals surface area contributed by atoms with Crippen molar-refractivity contribution >= 4 is 39.6 Å². The molecule has 3 aromatic carbocycles. The number of fused-ring (bicyclic) bond motifs is 2. The molecule has 134 valence electrons. The number of hydrogen-bond acceptors (Lipinski definition) is 2. The minimum absolute atomic E-state index is 0.120. The number of nitrogens with zero attached hydrogens (tertiary/aromatic N) is 1. The highest BCUT2D eigenvalue weighted by Crippen LogP contribution is 2.25. The zero-order chi connectivity index (χ0) is 18.8. The standard InChI is InChI=1S/C23H20N2O2/c1-2-16-8-5-9-21-19(15-26)13-25(23(16)21)14-22(27)24-20-11-10-17-6-3-4-7-18(17)12-20/h3-13,15H,2,14H2,1H3,(H,24,27). The van der Waals surface area contributed by atoms with Crippen molar-refractivity contribution in [1.82, 2.24) is 4.57 Å². The summed E-state index contributed by atoms with van der Waals surface area (Å²) in [6.45, 7) is 2.23. The third-order valence-electron chi connectivity index (χ3n) is 4.87. The first-order valence-electron chi connectivity index (χ1n) is 9.04. The quantitative estimate of drug-likeness (QED) is 0.522. The molecular weight excluding hydrogens is 336 g/mol. The van der Waals surface area contributed by atoms with E-state index < -0.39 is 0 Å². The highest BCUT2D eigenvalue weighted by Gasteiger charge is 2.13. The number of aldehydes is 1. The molecule has 0 aliphatic carbocycles. The first-order valence-corrected chi connectivity index (χ1v) is 9.04. The molecule has 1 aromatic heterocycles. The number of anilines is 1. The Morgan fingerprint density at radius 2 is 1.85 bits per heavy atom. The van der Waals surface area contributed by atoms with E-state index in [4.69, 9.17) is 0 Å². The van der Waals surface area contributed by atoms with Crippen molar-refractivity contribution in [2.75, 3.05) is 5.32 Å². The van der Waals surface area contributed by atoms with Crippen LogP contribution in [0.1, 0.15) is 22.8 Å². The molecule has 0 fully saturated rings. The Morgan fingerprint density at radius 3 is 2.63 bits per heavy atom. The van der Waals surface area contributed by atoms with Gasteiger partial charge in [0.1, 0.15) is 6.54 Å². The third-order valence-corrected chi connectivity index (χ3v) is 4.87. The molecule has 0 aliphatic rings. The Labute approximate surface area is 157 Å². The molecule has 0 bridgehead atoms. The average molecular weight is 356 g/mol. The smallest absolute Gasteiger partial charge is 0.244 e. The van der Waals surface area contributed by atoms with Crippen LogP contribution in [0.25, 0.3) is 21.7 Å². The molecule has 0 saturated carbocycles. The van der Waals surface area contributed by atoms with Crippen LogP contribution in [0.15, 0.2) is 66.9 Å². The summed E-state index contributed by atoms with van der Waals surface area (Å²) < 4.78 is 1.87. The van der Waals surface area contributed by atoms with Crippen LogP contribution in [0, 0.1) is 0 Å². The van der Waals surface area contributed by atoms with Gasteiger partial charge in [0.05, 0.1) is 5.52 Å². The second-order valence-electron chi connectivity index (χ2n) is 6.61. The lowest BCUT2D eigenvalue weighted by Gasteiger charge is -2.10. The van der Waals surface area contributed by atoms with Crippen molar-refractivity contribution in [3.63, 3.8) is 0 Å². The first-order chi connectivity index (χ1) is 13.2. The Hall–Kier alpha value is -3.40. The minimum Gasteiger partial charge on any atom is -0.337 e. The van der Waals surface area contributed by atoms with Gasteiger partial charge in [-0.25, -0.2) is 0 Å². The van der Waals surface area contributed by atoms with E-state index in [0.717, 1.165) is 45.6 Å². The zero-order valence-electron chi connectivity index (χ0n) is 15.1. The molecule has 4 heteroatoms. The van der Waals surface area contributed by atoms with Crippen molar-refractivity contribution in [3.8, 4) is 0 Å². The predicted octanol–water partition coefficient (Wildman–Crippen LogP) is 4.81. The number of aromatic nitrogens is 1. The summed E-state index contributed by atoms with van der Waals surface area (Å²) in [7, 11) is 0. The van der Waals surface area contributed by atoms with Gasteiger partial charge in [-0.05, 0) is 34.9 Å². The van der Waals surface area contributed by atoms with Gasteiger partial charge in [-0.2, -0.15) is 0 Å². The predicted molar refractivity (Wildman–Crippen MR) is 109 cm³/mol. The SMILES string of the molecule is CCc1cccc2c(C=O)cn(CC(=O)Nc3ccc4ccccc4c3)c12. The van der Waals surface area contributed by atoms with Gasteiger partial charge in [-0.15, -0.1) is 0 Å². The maximum absolute atomic E-state index is 12.6. The fraction of sp³-hybridized carbons (Fsp3) is 0.130. The topological polar surface area (TPSA) is 51.1 Å². The van der Waals surface area contributed by atoms with Crippen LogP contribution in [0.3, 0.4) is 0 Å². The van der Waals surface area contributed by atoms with E-state index in [1.54, 1.807) is 6.20 Å². The minimum atomic E-state index is -0.120. The monoisotopic (exact) mass is 356 g/mol. The molecule has 4 nitrogen and oxygen atoms in total. The van der Waals surface area contributed by atoms with Crippen molar-refractivity contribution in [2.45, 2.75) is 19.9 Å². The normalized spacial score (nSPS) is 11.0. The van der Waals surface area contributed by atoms with Gasteiger partial charge in [-0.1, -0.05) is 55.5 Å². The molecule has 1 heterocycles. The molecule has 4 aromatic rings. The van der Waals surface area contributed by atoms with Crippen LogP contribution in [-0.4, -0.2) is 16.8 Å². The van der Waals surface area contributed by atoms with E-state index in [1.165, 1.54) is 0 Å². The fourth-order valence-electron chi connectivity index (χ4n) is 3.59. The summed E-state index contributed by atoms with van der Waals surface area (Å²) in [6, 6.07) is 19.8. The summed E-state index contributed by atoms with van der Waals surface area (Å²) in [5.74, 6) is -0.120. The highest BCUT2D eigenvalue weighted by atomic mass is 16.2.